The van der Waals surface area contributed by atoms with Gasteiger partial charge < -0.3 is 15.8 Å². The molecule has 1 unspecified atom stereocenters. The third kappa shape index (κ3) is 2.49. The highest BCUT2D eigenvalue weighted by Crippen LogP contribution is 2.32. The zero-order valence-electron chi connectivity index (χ0n) is 8.91. The van der Waals surface area contributed by atoms with Crippen molar-refractivity contribution in [1.29, 1.82) is 0 Å². The number of benzene rings is 1. The summed E-state index contributed by atoms with van der Waals surface area (Å²) in [5, 5.41) is 3.41. The monoisotopic (exact) mass is 206 g/mol. The Hall–Kier alpha value is -1.06. The lowest BCUT2D eigenvalue weighted by atomic mass is 10.0. The maximum absolute atomic E-state index is 5.60. The molecule has 1 aromatic carbocycles. The lowest BCUT2D eigenvalue weighted by Crippen LogP contribution is -2.24. The molecule has 3 N–H and O–H groups in total. The van der Waals surface area contributed by atoms with Crippen LogP contribution in [0, 0.1) is 0 Å². The van der Waals surface area contributed by atoms with E-state index in [0.717, 1.165) is 38.4 Å². The van der Waals surface area contributed by atoms with Crippen LogP contribution in [0.15, 0.2) is 24.3 Å². The number of fused-ring (bicyclic) bond motifs is 1. The number of para-hydroxylation sites is 1. The van der Waals surface area contributed by atoms with Gasteiger partial charge in [-0.15, -0.1) is 0 Å². The van der Waals surface area contributed by atoms with Crippen LogP contribution in [0.5, 0.6) is 5.75 Å². The SMILES string of the molecule is NCCCNCC1COc2ccccc21. The molecule has 1 aliphatic heterocycles. The second-order valence-electron chi connectivity index (χ2n) is 3.89. The fourth-order valence-corrected chi connectivity index (χ4v) is 1.90. The average molecular weight is 206 g/mol. The van der Waals surface area contributed by atoms with Crippen LogP contribution >= 0.6 is 0 Å². The largest absolute Gasteiger partial charge is 0.493 e. The predicted octanol–water partition coefficient (Wildman–Crippen LogP) is 1.10. The molecule has 0 aliphatic carbocycles. The first-order valence-corrected chi connectivity index (χ1v) is 5.54. The molecule has 1 atom stereocenters. The van der Waals surface area contributed by atoms with Crippen molar-refractivity contribution < 1.29 is 4.74 Å². The molecular formula is C12H18N2O. The lowest BCUT2D eigenvalue weighted by Gasteiger charge is -2.09. The van der Waals surface area contributed by atoms with Crippen molar-refractivity contribution >= 4 is 0 Å². The first kappa shape index (κ1) is 10.5. The van der Waals surface area contributed by atoms with Crippen molar-refractivity contribution in [2.75, 3.05) is 26.2 Å². The molecule has 0 fully saturated rings. The number of nitrogens with two attached hydrogens (primary N) is 1. The molecule has 0 bridgehead atoms. The van der Waals surface area contributed by atoms with Gasteiger partial charge in [-0.3, -0.25) is 0 Å². The molecule has 3 nitrogen and oxygen atoms in total. The maximum atomic E-state index is 5.60. The van der Waals surface area contributed by atoms with Crippen LogP contribution in [0.4, 0.5) is 0 Å². The van der Waals surface area contributed by atoms with E-state index in [-0.39, 0.29) is 0 Å². The summed E-state index contributed by atoms with van der Waals surface area (Å²) in [4.78, 5) is 0. The maximum Gasteiger partial charge on any atom is 0.122 e. The number of nitrogens with one attached hydrogen (secondary N) is 1. The fraction of sp³-hybridized carbons (Fsp3) is 0.500. The van der Waals surface area contributed by atoms with E-state index in [9.17, 15) is 0 Å². The average Bonchev–Trinajstić information content (AvgIpc) is 2.68. The topological polar surface area (TPSA) is 47.3 Å². The van der Waals surface area contributed by atoms with E-state index < -0.39 is 0 Å². The van der Waals surface area contributed by atoms with E-state index in [1.807, 2.05) is 12.1 Å². The normalized spacial score (nSPS) is 18.6. The molecule has 0 saturated carbocycles. The van der Waals surface area contributed by atoms with Crippen LogP contribution < -0.4 is 15.8 Å². The van der Waals surface area contributed by atoms with Crippen molar-refractivity contribution in [3.8, 4) is 5.75 Å². The van der Waals surface area contributed by atoms with Crippen molar-refractivity contribution in [1.82, 2.24) is 5.32 Å². The first-order valence-electron chi connectivity index (χ1n) is 5.54. The summed E-state index contributed by atoms with van der Waals surface area (Å²) in [6.45, 7) is 3.53. The van der Waals surface area contributed by atoms with Gasteiger partial charge in [-0.25, -0.2) is 0 Å². The second kappa shape index (κ2) is 5.14. The van der Waals surface area contributed by atoms with Gasteiger partial charge >= 0.3 is 0 Å². The van der Waals surface area contributed by atoms with E-state index in [0.29, 0.717) is 5.92 Å². The third-order valence-corrected chi connectivity index (χ3v) is 2.75. The summed E-state index contributed by atoms with van der Waals surface area (Å²) in [5.41, 5.74) is 6.77. The highest BCUT2D eigenvalue weighted by molar-refractivity contribution is 5.39. The van der Waals surface area contributed by atoms with E-state index in [1.54, 1.807) is 0 Å². The molecule has 0 amide bonds. The second-order valence-corrected chi connectivity index (χ2v) is 3.89. The summed E-state index contributed by atoms with van der Waals surface area (Å²) in [5.74, 6) is 1.54. The van der Waals surface area contributed by atoms with Gasteiger partial charge in [0, 0.05) is 18.0 Å². The first-order chi connectivity index (χ1) is 7.42. The summed E-state index contributed by atoms with van der Waals surface area (Å²) in [6.07, 6.45) is 1.04. The van der Waals surface area contributed by atoms with Crippen LogP contribution in [0.1, 0.15) is 17.9 Å². The lowest BCUT2D eigenvalue weighted by molar-refractivity contribution is 0.326. The Morgan fingerprint density at radius 3 is 3.13 bits per heavy atom. The van der Waals surface area contributed by atoms with E-state index >= 15 is 0 Å². The summed E-state index contributed by atoms with van der Waals surface area (Å²) >= 11 is 0. The fourth-order valence-electron chi connectivity index (χ4n) is 1.90. The van der Waals surface area contributed by atoms with Crippen LogP contribution in [0.25, 0.3) is 0 Å². The molecule has 2 rings (SSSR count). The van der Waals surface area contributed by atoms with Crippen molar-refractivity contribution in [2.24, 2.45) is 5.73 Å². The number of ether oxygens (including phenoxy) is 1. The Kier molecular flexibility index (Phi) is 3.59. The Bertz CT molecular complexity index is 314. The van der Waals surface area contributed by atoms with Crippen LogP contribution in [0.3, 0.4) is 0 Å². The molecule has 82 valence electrons. The zero-order chi connectivity index (χ0) is 10.5. The Morgan fingerprint density at radius 1 is 1.40 bits per heavy atom. The molecule has 0 spiro atoms. The Morgan fingerprint density at radius 2 is 2.27 bits per heavy atom. The molecule has 15 heavy (non-hydrogen) atoms. The highest BCUT2D eigenvalue weighted by Gasteiger charge is 2.22. The van der Waals surface area contributed by atoms with Gasteiger partial charge in [-0.2, -0.15) is 0 Å². The van der Waals surface area contributed by atoms with Crippen LogP contribution in [-0.4, -0.2) is 26.2 Å². The third-order valence-electron chi connectivity index (χ3n) is 2.75. The molecule has 0 aromatic heterocycles. The minimum Gasteiger partial charge on any atom is -0.493 e. The van der Waals surface area contributed by atoms with Gasteiger partial charge in [-0.1, -0.05) is 18.2 Å². The van der Waals surface area contributed by atoms with Crippen molar-refractivity contribution in [3.05, 3.63) is 29.8 Å². The minimum atomic E-state index is 0.499. The van der Waals surface area contributed by atoms with Gasteiger partial charge in [0.05, 0.1) is 6.61 Å². The van der Waals surface area contributed by atoms with Crippen LogP contribution in [0.2, 0.25) is 0 Å². The predicted molar refractivity (Wildman–Crippen MR) is 61.2 cm³/mol. The molecule has 1 aromatic rings. The van der Waals surface area contributed by atoms with E-state index in [2.05, 4.69) is 17.4 Å². The minimum absolute atomic E-state index is 0.499. The molecule has 1 aliphatic rings. The quantitative estimate of drug-likeness (QED) is 0.709. The number of hydrogen-bond donors (Lipinski definition) is 2. The summed E-state index contributed by atoms with van der Waals surface area (Å²) in [6, 6.07) is 8.27. The summed E-state index contributed by atoms with van der Waals surface area (Å²) in [7, 11) is 0. The Balaban J connectivity index is 1.85. The van der Waals surface area contributed by atoms with Crippen LogP contribution in [-0.2, 0) is 0 Å². The standard InChI is InChI=1S/C12H18N2O/c13-6-3-7-14-8-10-9-15-12-5-2-1-4-11(10)12/h1-2,4-5,10,14H,3,6-9,13H2. The Labute approximate surface area is 90.6 Å². The van der Waals surface area contributed by atoms with E-state index in [1.165, 1.54) is 5.56 Å². The van der Waals surface area contributed by atoms with Crippen molar-refractivity contribution in [3.63, 3.8) is 0 Å². The molecule has 3 heteroatoms. The van der Waals surface area contributed by atoms with E-state index in [4.69, 9.17) is 10.5 Å². The van der Waals surface area contributed by atoms with Gasteiger partial charge in [-0.05, 0) is 25.6 Å². The molecule has 0 saturated heterocycles. The van der Waals surface area contributed by atoms with Gasteiger partial charge in [0.25, 0.3) is 0 Å². The summed E-state index contributed by atoms with van der Waals surface area (Å²) < 4.78 is 5.60. The van der Waals surface area contributed by atoms with Crippen molar-refractivity contribution in [2.45, 2.75) is 12.3 Å². The van der Waals surface area contributed by atoms with Gasteiger partial charge in [0.1, 0.15) is 5.75 Å². The highest BCUT2D eigenvalue weighted by atomic mass is 16.5. The zero-order valence-corrected chi connectivity index (χ0v) is 8.91. The smallest absolute Gasteiger partial charge is 0.122 e. The van der Waals surface area contributed by atoms with Gasteiger partial charge in [0.2, 0.25) is 0 Å². The molecule has 0 radical (unpaired) electrons. The molecule has 1 heterocycles. The van der Waals surface area contributed by atoms with Gasteiger partial charge in [0.15, 0.2) is 0 Å². The number of rotatable bonds is 5. The number of hydrogen-bond acceptors (Lipinski definition) is 3. The molecular weight excluding hydrogens is 188 g/mol.